The summed E-state index contributed by atoms with van der Waals surface area (Å²) in [5, 5.41) is 1.74. The van der Waals surface area contributed by atoms with Gasteiger partial charge in [0.1, 0.15) is 11.3 Å². The van der Waals surface area contributed by atoms with Crippen molar-refractivity contribution in [3.05, 3.63) is 89.7 Å². The third kappa shape index (κ3) is 3.53. The normalized spacial score (nSPS) is 10.5. The minimum atomic E-state index is 0. The van der Waals surface area contributed by atoms with Crippen molar-refractivity contribution < 1.29 is 26.0 Å². The van der Waals surface area contributed by atoms with Gasteiger partial charge in [0.2, 0.25) is 0 Å². The summed E-state index contributed by atoms with van der Waals surface area (Å²) in [5.41, 5.74) is 3.19. The Bertz CT molecular complexity index is 948. The molecule has 0 amide bonds. The van der Waals surface area contributed by atoms with E-state index >= 15 is 0 Å². The van der Waals surface area contributed by atoms with Crippen LogP contribution in [0, 0.1) is 0 Å². The van der Waals surface area contributed by atoms with Gasteiger partial charge in [0, 0.05) is 33.7 Å². The van der Waals surface area contributed by atoms with Crippen molar-refractivity contribution in [2.45, 2.75) is 6.54 Å². The van der Waals surface area contributed by atoms with Crippen molar-refractivity contribution in [1.29, 1.82) is 0 Å². The number of pyridine rings is 1. The number of halogens is 2. The van der Waals surface area contributed by atoms with Gasteiger partial charge in [-0.2, -0.15) is 0 Å². The smallest absolute Gasteiger partial charge is 0.173 e. The predicted octanol–water partition coefficient (Wildman–Crippen LogP) is 2.09. The molecule has 0 aliphatic rings. The Hall–Kier alpha value is -2.10. The Morgan fingerprint density at radius 3 is 2.38 bits per heavy atom. The van der Waals surface area contributed by atoms with Gasteiger partial charge in [0.15, 0.2) is 18.9 Å². The van der Waals surface area contributed by atoms with E-state index in [1.807, 2.05) is 30.3 Å². The van der Waals surface area contributed by atoms with Crippen molar-refractivity contribution in [3.63, 3.8) is 0 Å². The van der Waals surface area contributed by atoms with Crippen LogP contribution < -0.4 is 21.5 Å². The lowest BCUT2D eigenvalue weighted by Crippen LogP contribution is -3.00. The molecule has 4 heteroatoms. The van der Waals surface area contributed by atoms with E-state index in [1.165, 1.54) is 5.56 Å². The van der Waals surface area contributed by atoms with E-state index in [0.717, 1.165) is 33.9 Å². The predicted molar refractivity (Wildman–Crippen MR) is 92.4 cm³/mol. The number of furan rings is 1. The van der Waals surface area contributed by atoms with E-state index in [9.17, 15) is 0 Å². The van der Waals surface area contributed by atoms with Crippen LogP contribution in [0.5, 0.6) is 0 Å². The Morgan fingerprint density at radius 1 is 0.875 bits per heavy atom. The average molecular weight is 401 g/mol. The van der Waals surface area contributed by atoms with E-state index < -0.39 is 0 Å². The van der Waals surface area contributed by atoms with Crippen molar-refractivity contribution in [2.24, 2.45) is 0 Å². The maximum Gasteiger partial charge on any atom is 0.173 e. The molecule has 0 bridgehead atoms. The molecule has 2 aromatic carbocycles. The van der Waals surface area contributed by atoms with Gasteiger partial charge >= 0.3 is 0 Å². The van der Waals surface area contributed by atoms with Crippen molar-refractivity contribution in [2.75, 3.05) is 0 Å². The third-order valence-corrected chi connectivity index (χ3v) is 4.10. The highest BCUT2D eigenvalue weighted by molar-refractivity contribution is 6.31. The van der Waals surface area contributed by atoms with Gasteiger partial charge in [-0.1, -0.05) is 41.9 Å². The van der Waals surface area contributed by atoms with Gasteiger partial charge in [0.25, 0.3) is 0 Å². The van der Waals surface area contributed by atoms with E-state index in [1.54, 1.807) is 0 Å². The number of benzene rings is 2. The van der Waals surface area contributed by atoms with Gasteiger partial charge in [-0.25, -0.2) is 4.57 Å². The van der Waals surface area contributed by atoms with E-state index in [4.69, 9.17) is 16.0 Å². The van der Waals surface area contributed by atoms with Crippen LogP contribution >= 0.6 is 11.6 Å². The van der Waals surface area contributed by atoms with Crippen LogP contribution in [0.2, 0.25) is 5.02 Å². The van der Waals surface area contributed by atoms with E-state index in [0.29, 0.717) is 0 Å². The minimum absolute atomic E-state index is 0. The molecule has 0 fully saturated rings. The molecule has 24 heavy (non-hydrogen) atoms. The SMILES string of the molecule is Clc1ccc2oc(-c3cc[n+](Cc4ccccc4)cc3)cc2c1.[Br-]. The Kier molecular flexibility index (Phi) is 5.03. The second-order valence-electron chi connectivity index (χ2n) is 5.54. The average Bonchev–Trinajstić information content (AvgIpc) is 2.99. The summed E-state index contributed by atoms with van der Waals surface area (Å²) in [4.78, 5) is 0. The Morgan fingerprint density at radius 2 is 1.62 bits per heavy atom. The van der Waals surface area contributed by atoms with E-state index in [2.05, 4.69) is 53.4 Å². The lowest BCUT2D eigenvalue weighted by molar-refractivity contribution is -0.688. The van der Waals surface area contributed by atoms with Gasteiger partial charge < -0.3 is 21.4 Å². The standard InChI is InChI=1S/C20H15ClNO.BrH/c21-18-6-7-19-17(12-18)13-20(23-19)16-8-10-22(11-9-16)14-15-4-2-1-3-5-15;/h1-13H,14H2;1H/q+1;/p-1. The zero-order chi connectivity index (χ0) is 15.6. The molecule has 0 aliphatic heterocycles. The molecule has 2 nitrogen and oxygen atoms in total. The van der Waals surface area contributed by atoms with Gasteiger partial charge in [-0.3, -0.25) is 0 Å². The lowest BCUT2D eigenvalue weighted by atomic mass is 10.2. The summed E-state index contributed by atoms with van der Waals surface area (Å²) in [7, 11) is 0. The monoisotopic (exact) mass is 399 g/mol. The summed E-state index contributed by atoms with van der Waals surface area (Å²) < 4.78 is 8.05. The number of rotatable bonds is 3. The molecule has 0 aliphatic carbocycles. The topological polar surface area (TPSA) is 17.0 Å². The minimum Gasteiger partial charge on any atom is -1.00 e. The molecule has 2 aromatic heterocycles. The molecule has 0 atom stereocenters. The summed E-state index contributed by atoms with van der Waals surface area (Å²) >= 11 is 6.03. The highest BCUT2D eigenvalue weighted by atomic mass is 79.9. The zero-order valence-corrected chi connectivity index (χ0v) is 15.2. The number of aromatic nitrogens is 1. The van der Waals surface area contributed by atoms with Gasteiger partial charge in [0.05, 0.1) is 0 Å². The summed E-state index contributed by atoms with van der Waals surface area (Å²) in [6, 6.07) is 22.2. The fraction of sp³-hybridized carbons (Fsp3) is 0.0500. The number of nitrogens with zero attached hydrogens (tertiary/aromatic N) is 1. The summed E-state index contributed by atoms with van der Waals surface area (Å²) in [6.07, 6.45) is 4.14. The molecule has 0 N–H and O–H groups in total. The molecule has 0 saturated carbocycles. The molecule has 2 heterocycles. The molecule has 120 valence electrons. The number of fused-ring (bicyclic) bond motifs is 1. The Balaban J connectivity index is 0.00000169. The first kappa shape index (κ1) is 16.7. The second-order valence-corrected chi connectivity index (χ2v) is 5.97. The van der Waals surface area contributed by atoms with E-state index in [-0.39, 0.29) is 17.0 Å². The maximum atomic E-state index is 6.03. The second kappa shape index (κ2) is 7.20. The lowest BCUT2D eigenvalue weighted by Gasteiger charge is -1.99. The first-order valence-electron chi connectivity index (χ1n) is 7.50. The first-order valence-corrected chi connectivity index (χ1v) is 7.88. The fourth-order valence-electron chi connectivity index (χ4n) is 2.68. The van der Waals surface area contributed by atoms with Crippen LogP contribution in [0.3, 0.4) is 0 Å². The molecular weight excluding hydrogens is 386 g/mol. The molecule has 4 rings (SSSR count). The molecule has 0 radical (unpaired) electrons. The van der Waals surface area contributed by atoms with Crippen LogP contribution in [0.4, 0.5) is 0 Å². The number of hydrogen-bond acceptors (Lipinski definition) is 1. The van der Waals surface area contributed by atoms with Crippen LogP contribution in [-0.4, -0.2) is 0 Å². The quantitative estimate of drug-likeness (QED) is 0.481. The molecule has 0 saturated heterocycles. The highest BCUT2D eigenvalue weighted by Crippen LogP contribution is 2.28. The summed E-state index contributed by atoms with van der Waals surface area (Å²) in [6.45, 7) is 0.858. The van der Waals surface area contributed by atoms with Crippen molar-refractivity contribution in [1.82, 2.24) is 0 Å². The highest BCUT2D eigenvalue weighted by Gasteiger charge is 2.09. The fourth-order valence-corrected chi connectivity index (χ4v) is 2.86. The third-order valence-electron chi connectivity index (χ3n) is 3.86. The van der Waals surface area contributed by atoms with Crippen LogP contribution in [-0.2, 0) is 6.54 Å². The molecule has 4 aromatic rings. The van der Waals surface area contributed by atoms with Gasteiger partial charge in [-0.05, 0) is 24.3 Å². The van der Waals surface area contributed by atoms with Crippen LogP contribution in [0.1, 0.15) is 5.56 Å². The van der Waals surface area contributed by atoms with Crippen LogP contribution in [0.15, 0.2) is 83.5 Å². The number of hydrogen-bond donors (Lipinski definition) is 0. The molecular formula is C20H15BrClNO. The zero-order valence-electron chi connectivity index (χ0n) is 12.8. The maximum absolute atomic E-state index is 6.03. The molecule has 0 unspecified atom stereocenters. The molecule has 0 spiro atoms. The summed E-state index contributed by atoms with van der Waals surface area (Å²) in [5.74, 6) is 0.856. The first-order chi connectivity index (χ1) is 11.3. The van der Waals surface area contributed by atoms with Crippen LogP contribution in [0.25, 0.3) is 22.3 Å². The van der Waals surface area contributed by atoms with Crippen molar-refractivity contribution in [3.8, 4) is 11.3 Å². The largest absolute Gasteiger partial charge is 1.00 e. The van der Waals surface area contributed by atoms with Gasteiger partial charge in [-0.15, -0.1) is 0 Å². The Labute approximate surface area is 156 Å². The van der Waals surface area contributed by atoms with Crippen molar-refractivity contribution >= 4 is 22.6 Å².